The molecule has 0 bridgehead atoms. The zero-order chi connectivity index (χ0) is 18.9. The monoisotopic (exact) mass is 398 g/mol. The lowest BCUT2D eigenvalue weighted by atomic mass is 10.3. The van der Waals surface area contributed by atoms with Gasteiger partial charge in [0.05, 0.1) is 16.7 Å². The van der Waals surface area contributed by atoms with Gasteiger partial charge in [-0.3, -0.25) is 4.79 Å². The van der Waals surface area contributed by atoms with Crippen LogP contribution in [0.2, 0.25) is 0 Å². The molecule has 0 aliphatic carbocycles. The van der Waals surface area contributed by atoms with E-state index < -0.39 is 33.1 Å². The van der Waals surface area contributed by atoms with Crippen LogP contribution in [0.5, 0.6) is 5.75 Å². The quantitative estimate of drug-likeness (QED) is 0.714. The summed E-state index contributed by atoms with van der Waals surface area (Å²) in [6.07, 6.45) is 0. The molecule has 0 saturated carbocycles. The molecule has 0 spiro atoms. The first kappa shape index (κ1) is 18.2. The Hall–Kier alpha value is -2.59. The number of hydrogen-bond acceptors (Lipinski definition) is 6. The molecule has 0 saturated heterocycles. The number of nitrogens with zero attached hydrogens (tertiary/aromatic N) is 1. The number of fused-ring (bicyclic) bond motifs is 1. The first-order chi connectivity index (χ1) is 12.3. The maximum absolute atomic E-state index is 13.6. The second-order valence-electron chi connectivity index (χ2n) is 5.24. The van der Waals surface area contributed by atoms with Crippen molar-refractivity contribution in [1.29, 1.82) is 0 Å². The van der Waals surface area contributed by atoms with Crippen molar-refractivity contribution in [3.05, 3.63) is 48.0 Å². The van der Waals surface area contributed by atoms with E-state index in [0.717, 1.165) is 17.4 Å². The van der Waals surface area contributed by atoms with E-state index >= 15 is 0 Å². The van der Waals surface area contributed by atoms with E-state index in [1.54, 1.807) is 0 Å². The third kappa shape index (κ3) is 3.81. The summed E-state index contributed by atoms with van der Waals surface area (Å²) in [4.78, 5) is 15.9. The molecule has 26 heavy (non-hydrogen) atoms. The van der Waals surface area contributed by atoms with E-state index in [-0.39, 0.29) is 20.2 Å². The van der Waals surface area contributed by atoms with E-state index in [4.69, 9.17) is 4.74 Å². The fourth-order valence-corrected chi connectivity index (χ4v) is 4.26. The highest BCUT2D eigenvalue weighted by Crippen LogP contribution is 2.28. The first-order valence-electron chi connectivity index (χ1n) is 7.21. The van der Waals surface area contributed by atoms with Gasteiger partial charge >= 0.3 is 0 Å². The number of rotatable bonds is 5. The Labute approximate surface area is 151 Å². The largest absolute Gasteiger partial charge is 0.497 e. The summed E-state index contributed by atoms with van der Waals surface area (Å²) in [6.45, 7) is 0. The maximum Gasteiger partial charge on any atom is 0.241 e. The molecule has 0 fully saturated rings. The topological polar surface area (TPSA) is 85.4 Å². The SMILES string of the molecule is COc1ccc(S(=O)(=O)CC(=O)Nc2nc3c(F)cc(F)cc3s2)cc1. The van der Waals surface area contributed by atoms with Gasteiger partial charge in [0.15, 0.2) is 20.8 Å². The van der Waals surface area contributed by atoms with Crippen LogP contribution in [0.4, 0.5) is 13.9 Å². The molecule has 0 aliphatic rings. The molecule has 0 atom stereocenters. The standard InChI is InChI=1S/C16H12F2N2O4S2/c1-24-10-2-4-11(5-3-10)26(22,23)8-14(21)19-16-20-15-12(18)6-9(17)7-13(15)25-16/h2-7H,8H2,1H3,(H,19,20,21). The number of sulfone groups is 1. The summed E-state index contributed by atoms with van der Waals surface area (Å²) >= 11 is 0.846. The summed E-state index contributed by atoms with van der Waals surface area (Å²) in [5.74, 6) is -2.79. The van der Waals surface area contributed by atoms with Crippen molar-refractivity contribution < 1.29 is 26.7 Å². The minimum atomic E-state index is -3.87. The summed E-state index contributed by atoms with van der Waals surface area (Å²) in [5, 5.41) is 2.29. The summed E-state index contributed by atoms with van der Waals surface area (Å²) in [6, 6.07) is 7.36. The van der Waals surface area contributed by atoms with Gasteiger partial charge in [0.2, 0.25) is 5.91 Å². The zero-order valence-electron chi connectivity index (χ0n) is 13.3. The summed E-state index contributed by atoms with van der Waals surface area (Å²) in [7, 11) is -2.43. The van der Waals surface area contributed by atoms with Crippen molar-refractivity contribution >= 4 is 42.4 Å². The number of anilines is 1. The van der Waals surface area contributed by atoms with Crippen molar-refractivity contribution in [3.63, 3.8) is 0 Å². The molecular formula is C16H12F2N2O4S2. The van der Waals surface area contributed by atoms with Gasteiger partial charge in [-0.25, -0.2) is 22.2 Å². The van der Waals surface area contributed by atoms with E-state index in [9.17, 15) is 22.0 Å². The number of hydrogen-bond donors (Lipinski definition) is 1. The molecule has 0 aliphatic heterocycles. The van der Waals surface area contributed by atoms with E-state index in [1.165, 1.54) is 31.4 Å². The normalized spacial score (nSPS) is 11.5. The molecular weight excluding hydrogens is 386 g/mol. The minimum Gasteiger partial charge on any atom is -0.497 e. The lowest BCUT2D eigenvalue weighted by Gasteiger charge is -2.05. The number of methoxy groups -OCH3 is 1. The Morgan fingerprint density at radius 1 is 1.23 bits per heavy atom. The molecule has 3 rings (SSSR count). The molecule has 136 valence electrons. The number of thiazole rings is 1. The Balaban J connectivity index is 1.76. The predicted molar refractivity (Wildman–Crippen MR) is 93.2 cm³/mol. The summed E-state index contributed by atoms with van der Waals surface area (Å²) < 4.78 is 56.5. The molecule has 0 unspecified atom stereocenters. The third-order valence-electron chi connectivity index (χ3n) is 3.40. The third-order valence-corrected chi connectivity index (χ3v) is 5.95. The Kier molecular flexibility index (Phi) is 4.88. The molecule has 1 N–H and O–H groups in total. The molecule has 1 heterocycles. The van der Waals surface area contributed by atoms with Crippen LogP contribution in [0.1, 0.15) is 0 Å². The Morgan fingerprint density at radius 3 is 2.58 bits per heavy atom. The molecule has 0 radical (unpaired) electrons. The van der Waals surface area contributed by atoms with Crippen LogP contribution in [0.15, 0.2) is 41.3 Å². The number of carbonyl (C=O) groups excluding carboxylic acids is 1. The predicted octanol–water partition coefficient (Wildman–Crippen LogP) is 3.00. The smallest absolute Gasteiger partial charge is 0.241 e. The van der Waals surface area contributed by atoms with Gasteiger partial charge in [0, 0.05) is 6.07 Å². The minimum absolute atomic E-state index is 0.0144. The molecule has 6 nitrogen and oxygen atoms in total. The van der Waals surface area contributed by atoms with Gasteiger partial charge in [0.1, 0.15) is 22.8 Å². The van der Waals surface area contributed by atoms with Gasteiger partial charge in [-0.1, -0.05) is 11.3 Å². The maximum atomic E-state index is 13.6. The first-order valence-corrected chi connectivity index (χ1v) is 9.67. The number of nitrogens with one attached hydrogen (secondary N) is 1. The van der Waals surface area contributed by atoms with Crippen LogP contribution < -0.4 is 10.1 Å². The Bertz CT molecular complexity index is 1080. The van der Waals surface area contributed by atoms with Crippen LogP contribution in [0.3, 0.4) is 0 Å². The Morgan fingerprint density at radius 2 is 1.92 bits per heavy atom. The van der Waals surface area contributed by atoms with E-state index in [0.29, 0.717) is 11.8 Å². The molecule has 1 aromatic heterocycles. The van der Waals surface area contributed by atoms with Crippen molar-refractivity contribution in [2.75, 3.05) is 18.2 Å². The van der Waals surface area contributed by atoms with Gasteiger partial charge in [0.25, 0.3) is 0 Å². The van der Waals surface area contributed by atoms with Crippen LogP contribution in [0.25, 0.3) is 10.2 Å². The van der Waals surface area contributed by atoms with Gasteiger partial charge in [-0.15, -0.1) is 0 Å². The van der Waals surface area contributed by atoms with Gasteiger partial charge in [-0.2, -0.15) is 0 Å². The van der Waals surface area contributed by atoms with Gasteiger partial charge in [-0.05, 0) is 30.3 Å². The number of ether oxygens (including phenoxy) is 1. The fourth-order valence-electron chi connectivity index (χ4n) is 2.20. The number of amides is 1. The average molecular weight is 398 g/mol. The van der Waals surface area contributed by atoms with Crippen molar-refractivity contribution in [1.82, 2.24) is 4.98 Å². The van der Waals surface area contributed by atoms with Crippen LogP contribution in [0, 0.1) is 11.6 Å². The fraction of sp³-hybridized carbons (Fsp3) is 0.125. The van der Waals surface area contributed by atoms with Crippen LogP contribution in [-0.2, 0) is 14.6 Å². The molecule has 10 heteroatoms. The van der Waals surface area contributed by atoms with E-state index in [2.05, 4.69) is 10.3 Å². The summed E-state index contributed by atoms with van der Waals surface area (Å²) in [5.41, 5.74) is -0.0929. The lowest BCUT2D eigenvalue weighted by molar-refractivity contribution is -0.113. The number of carbonyl (C=O) groups is 1. The van der Waals surface area contributed by atoms with Crippen LogP contribution >= 0.6 is 11.3 Å². The molecule has 1 amide bonds. The number of halogens is 2. The van der Waals surface area contributed by atoms with Crippen molar-refractivity contribution in [3.8, 4) is 5.75 Å². The highest BCUT2D eigenvalue weighted by molar-refractivity contribution is 7.92. The highest BCUT2D eigenvalue weighted by Gasteiger charge is 2.21. The van der Waals surface area contributed by atoms with E-state index in [1.807, 2.05) is 0 Å². The second kappa shape index (κ2) is 6.96. The average Bonchev–Trinajstić information content (AvgIpc) is 2.96. The van der Waals surface area contributed by atoms with Crippen molar-refractivity contribution in [2.45, 2.75) is 4.90 Å². The second-order valence-corrected chi connectivity index (χ2v) is 8.26. The zero-order valence-corrected chi connectivity index (χ0v) is 15.0. The van der Waals surface area contributed by atoms with Gasteiger partial charge < -0.3 is 10.1 Å². The number of aromatic nitrogens is 1. The molecule has 2 aromatic carbocycles. The highest BCUT2D eigenvalue weighted by atomic mass is 32.2. The lowest BCUT2D eigenvalue weighted by Crippen LogP contribution is -2.22. The van der Waals surface area contributed by atoms with Crippen molar-refractivity contribution in [2.24, 2.45) is 0 Å². The van der Waals surface area contributed by atoms with Crippen LogP contribution in [-0.4, -0.2) is 32.2 Å². The number of benzene rings is 2. The molecule has 3 aromatic rings.